The van der Waals surface area contributed by atoms with Crippen LogP contribution >= 0.6 is 0 Å². The third-order valence-corrected chi connectivity index (χ3v) is 3.69. The maximum atomic E-state index is 12.3. The summed E-state index contributed by atoms with van der Waals surface area (Å²) in [5.74, 6) is 5.41. The number of hydrogen-bond donors (Lipinski definition) is 3. The van der Waals surface area contributed by atoms with Crippen LogP contribution in [0.2, 0.25) is 0 Å². The minimum Gasteiger partial charge on any atom is -0.344 e. The van der Waals surface area contributed by atoms with Crippen LogP contribution in [-0.2, 0) is 6.42 Å². The van der Waals surface area contributed by atoms with Gasteiger partial charge < -0.3 is 10.7 Å². The number of carbonyl (C=O) groups excluding carboxylic acids is 1. The molecule has 0 radical (unpaired) electrons. The molecule has 21 heavy (non-hydrogen) atoms. The lowest BCUT2D eigenvalue weighted by atomic mass is 9.88. The van der Waals surface area contributed by atoms with Gasteiger partial charge in [0.05, 0.1) is 18.4 Å². The first-order valence-corrected chi connectivity index (χ1v) is 6.95. The van der Waals surface area contributed by atoms with Gasteiger partial charge in [0.1, 0.15) is 5.69 Å². The Morgan fingerprint density at radius 3 is 3.00 bits per heavy atom. The Kier molecular flexibility index (Phi) is 3.79. The van der Waals surface area contributed by atoms with Crippen molar-refractivity contribution in [1.29, 1.82) is 0 Å². The molecule has 1 heterocycles. The van der Waals surface area contributed by atoms with Crippen molar-refractivity contribution in [2.75, 3.05) is 5.43 Å². The summed E-state index contributed by atoms with van der Waals surface area (Å²) in [6.07, 6.45) is 5.97. The number of amides is 1. The van der Waals surface area contributed by atoms with Gasteiger partial charge in [0.2, 0.25) is 0 Å². The summed E-state index contributed by atoms with van der Waals surface area (Å²) < 4.78 is 0. The molecule has 0 aliphatic heterocycles. The normalized spacial score (nSPS) is 16.9. The van der Waals surface area contributed by atoms with Crippen LogP contribution in [0, 0.1) is 0 Å². The van der Waals surface area contributed by atoms with Gasteiger partial charge in [0.25, 0.3) is 5.91 Å². The van der Waals surface area contributed by atoms with Crippen LogP contribution in [0.3, 0.4) is 0 Å². The summed E-state index contributed by atoms with van der Waals surface area (Å²) in [7, 11) is 0. The number of aromatic nitrogens is 2. The number of benzene rings is 1. The van der Waals surface area contributed by atoms with Crippen LogP contribution in [0.15, 0.2) is 36.7 Å². The van der Waals surface area contributed by atoms with E-state index in [1.54, 1.807) is 0 Å². The number of carbonyl (C=O) groups is 1. The summed E-state index contributed by atoms with van der Waals surface area (Å²) in [6, 6.07) is 8.25. The van der Waals surface area contributed by atoms with Gasteiger partial charge in [-0.05, 0) is 30.4 Å². The number of hydrazine groups is 1. The smallest absolute Gasteiger partial charge is 0.272 e. The van der Waals surface area contributed by atoms with E-state index in [-0.39, 0.29) is 17.6 Å². The summed E-state index contributed by atoms with van der Waals surface area (Å²) in [4.78, 5) is 20.4. The fourth-order valence-electron chi connectivity index (χ4n) is 2.68. The van der Waals surface area contributed by atoms with Crippen LogP contribution < -0.4 is 16.6 Å². The quantitative estimate of drug-likeness (QED) is 0.587. The highest BCUT2D eigenvalue weighted by Gasteiger charge is 2.22. The summed E-state index contributed by atoms with van der Waals surface area (Å²) in [5.41, 5.74) is 5.14. The molecule has 1 aliphatic carbocycles. The van der Waals surface area contributed by atoms with Gasteiger partial charge in [-0.25, -0.2) is 10.8 Å². The average Bonchev–Trinajstić information content (AvgIpc) is 2.55. The molecule has 3 rings (SSSR count). The van der Waals surface area contributed by atoms with Crippen molar-refractivity contribution in [3.63, 3.8) is 0 Å². The lowest BCUT2D eigenvalue weighted by Gasteiger charge is -2.26. The number of nitrogens with two attached hydrogens (primary N) is 1. The zero-order valence-electron chi connectivity index (χ0n) is 11.5. The first kappa shape index (κ1) is 13.5. The molecular weight excluding hydrogens is 266 g/mol. The van der Waals surface area contributed by atoms with E-state index < -0.39 is 0 Å². The van der Waals surface area contributed by atoms with Crippen molar-refractivity contribution in [3.05, 3.63) is 53.5 Å². The van der Waals surface area contributed by atoms with Gasteiger partial charge in [-0.3, -0.25) is 9.78 Å². The maximum absolute atomic E-state index is 12.3. The number of nitrogens with zero attached hydrogens (tertiary/aromatic N) is 2. The molecule has 1 atom stereocenters. The Labute approximate surface area is 122 Å². The molecule has 1 aromatic heterocycles. The second kappa shape index (κ2) is 5.88. The standard InChI is InChI=1S/C15H17N5O/c16-20-14-9-17-8-13(18-14)15(21)19-12-7-3-5-10-4-1-2-6-11(10)12/h1-2,4,6,8-9,12H,3,5,7,16H2,(H,18,20)(H,19,21). The van der Waals surface area contributed by atoms with E-state index in [1.807, 2.05) is 12.1 Å². The highest BCUT2D eigenvalue weighted by molar-refractivity contribution is 5.92. The van der Waals surface area contributed by atoms with Crippen LogP contribution in [0.25, 0.3) is 0 Å². The minimum atomic E-state index is -0.235. The highest BCUT2D eigenvalue weighted by atomic mass is 16.1. The second-order valence-electron chi connectivity index (χ2n) is 5.05. The van der Waals surface area contributed by atoms with Crippen molar-refractivity contribution in [2.45, 2.75) is 25.3 Å². The summed E-state index contributed by atoms with van der Waals surface area (Å²) in [6.45, 7) is 0. The molecule has 0 bridgehead atoms. The fraction of sp³-hybridized carbons (Fsp3) is 0.267. The molecule has 1 aromatic carbocycles. The lowest BCUT2D eigenvalue weighted by molar-refractivity contribution is 0.0927. The number of hydrogen-bond acceptors (Lipinski definition) is 5. The average molecular weight is 283 g/mol. The largest absolute Gasteiger partial charge is 0.344 e. The van der Waals surface area contributed by atoms with Gasteiger partial charge in [-0.15, -0.1) is 0 Å². The van der Waals surface area contributed by atoms with Crippen molar-refractivity contribution >= 4 is 11.7 Å². The molecule has 0 saturated heterocycles. The van der Waals surface area contributed by atoms with Crippen LogP contribution in [0.4, 0.5) is 5.82 Å². The molecule has 6 heteroatoms. The first-order chi connectivity index (χ1) is 10.3. The number of aryl methyl sites for hydroxylation is 1. The van der Waals surface area contributed by atoms with E-state index in [2.05, 4.69) is 32.8 Å². The number of anilines is 1. The Balaban J connectivity index is 1.79. The monoisotopic (exact) mass is 283 g/mol. The molecule has 0 fully saturated rings. The van der Waals surface area contributed by atoms with E-state index >= 15 is 0 Å². The number of fused-ring (bicyclic) bond motifs is 1. The van der Waals surface area contributed by atoms with Crippen LogP contribution in [0.5, 0.6) is 0 Å². The summed E-state index contributed by atoms with van der Waals surface area (Å²) >= 11 is 0. The van der Waals surface area contributed by atoms with E-state index in [0.29, 0.717) is 5.82 Å². The number of nitrogens with one attached hydrogen (secondary N) is 2. The Bertz CT molecular complexity index is 658. The van der Waals surface area contributed by atoms with E-state index in [0.717, 1.165) is 19.3 Å². The fourth-order valence-corrected chi connectivity index (χ4v) is 2.68. The van der Waals surface area contributed by atoms with Crippen molar-refractivity contribution in [2.24, 2.45) is 5.84 Å². The molecular formula is C15H17N5O. The molecule has 0 saturated carbocycles. The molecule has 1 aliphatic rings. The minimum absolute atomic E-state index is 0.0266. The van der Waals surface area contributed by atoms with Crippen molar-refractivity contribution in [1.82, 2.24) is 15.3 Å². The van der Waals surface area contributed by atoms with Gasteiger partial charge in [0, 0.05) is 0 Å². The Morgan fingerprint density at radius 2 is 2.14 bits per heavy atom. The van der Waals surface area contributed by atoms with Gasteiger partial charge >= 0.3 is 0 Å². The predicted octanol–water partition coefficient (Wildman–Crippen LogP) is 1.57. The maximum Gasteiger partial charge on any atom is 0.272 e. The second-order valence-corrected chi connectivity index (χ2v) is 5.05. The Hall–Kier alpha value is -2.47. The molecule has 1 unspecified atom stereocenters. The molecule has 0 spiro atoms. The van der Waals surface area contributed by atoms with Crippen LogP contribution in [0.1, 0.15) is 40.5 Å². The van der Waals surface area contributed by atoms with Gasteiger partial charge in [-0.2, -0.15) is 0 Å². The number of nitrogen functional groups attached to an aromatic ring is 1. The van der Waals surface area contributed by atoms with Gasteiger partial charge in [-0.1, -0.05) is 24.3 Å². The first-order valence-electron chi connectivity index (χ1n) is 6.95. The molecule has 6 nitrogen and oxygen atoms in total. The Morgan fingerprint density at radius 1 is 1.29 bits per heavy atom. The van der Waals surface area contributed by atoms with Crippen molar-refractivity contribution < 1.29 is 4.79 Å². The molecule has 2 aromatic rings. The zero-order chi connectivity index (χ0) is 14.7. The third kappa shape index (κ3) is 2.85. The molecule has 4 N–H and O–H groups in total. The molecule has 1 amide bonds. The lowest BCUT2D eigenvalue weighted by Crippen LogP contribution is -2.31. The highest BCUT2D eigenvalue weighted by Crippen LogP contribution is 2.29. The summed E-state index contributed by atoms with van der Waals surface area (Å²) in [5, 5.41) is 3.03. The molecule has 108 valence electrons. The van der Waals surface area contributed by atoms with Crippen molar-refractivity contribution in [3.8, 4) is 0 Å². The van der Waals surface area contributed by atoms with E-state index in [9.17, 15) is 4.79 Å². The van der Waals surface area contributed by atoms with Gasteiger partial charge in [0.15, 0.2) is 5.82 Å². The predicted molar refractivity (Wildman–Crippen MR) is 79.4 cm³/mol. The topological polar surface area (TPSA) is 92.9 Å². The SMILES string of the molecule is NNc1cncc(C(=O)NC2CCCc3ccccc32)n1. The third-order valence-electron chi connectivity index (χ3n) is 3.69. The van der Waals surface area contributed by atoms with E-state index in [1.165, 1.54) is 23.5 Å². The number of rotatable bonds is 3. The van der Waals surface area contributed by atoms with E-state index in [4.69, 9.17) is 5.84 Å². The van der Waals surface area contributed by atoms with Crippen LogP contribution in [-0.4, -0.2) is 15.9 Å². The zero-order valence-corrected chi connectivity index (χ0v) is 11.5.